The van der Waals surface area contributed by atoms with E-state index in [4.69, 9.17) is 9.47 Å². The SMILES string of the molecule is CCc1ccc(Oc2nc(NC)c(C(=O)NCCCOC)n2Cc2ccc(F)cc2)cc1. The lowest BCUT2D eigenvalue weighted by atomic mass is 10.2. The summed E-state index contributed by atoms with van der Waals surface area (Å²) in [5.74, 6) is 0.411. The minimum atomic E-state index is -0.320. The summed E-state index contributed by atoms with van der Waals surface area (Å²) < 4.78 is 26.2. The van der Waals surface area contributed by atoms with Gasteiger partial charge in [-0.25, -0.2) is 4.39 Å². The molecule has 2 aromatic carbocycles. The largest absolute Gasteiger partial charge is 0.425 e. The predicted molar refractivity (Wildman–Crippen MR) is 122 cm³/mol. The number of carbonyl (C=O) groups is 1. The molecule has 2 N–H and O–H groups in total. The van der Waals surface area contributed by atoms with E-state index in [1.807, 2.05) is 24.3 Å². The number of anilines is 1. The van der Waals surface area contributed by atoms with Crippen molar-refractivity contribution in [2.24, 2.45) is 0 Å². The Morgan fingerprint density at radius 1 is 1.09 bits per heavy atom. The summed E-state index contributed by atoms with van der Waals surface area (Å²) in [7, 11) is 3.32. The second-order valence-corrected chi connectivity index (χ2v) is 7.26. The summed E-state index contributed by atoms with van der Waals surface area (Å²) in [6.45, 7) is 3.39. The highest BCUT2D eigenvalue weighted by molar-refractivity contribution is 5.97. The van der Waals surface area contributed by atoms with Crippen LogP contribution in [0.3, 0.4) is 0 Å². The molecule has 3 aromatic rings. The Morgan fingerprint density at radius 3 is 2.41 bits per heavy atom. The van der Waals surface area contributed by atoms with Crippen LogP contribution in [0.25, 0.3) is 0 Å². The van der Waals surface area contributed by atoms with Crippen molar-refractivity contribution in [1.82, 2.24) is 14.9 Å². The molecule has 170 valence electrons. The molecule has 0 bridgehead atoms. The Hall–Kier alpha value is -3.39. The number of halogens is 1. The van der Waals surface area contributed by atoms with Gasteiger partial charge in [-0.3, -0.25) is 9.36 Å². The lowest BCUT2D eigenvalue weighted by molar-refractivity contribution is 0.0939. The monoisotopic (exact) mass is 440 g/mol. The van der Waals surface area contributed by atoms with Crippen molar-refractivity contribution in [3.05, 3.63) is 71.2 Å². The van der Waals surface area contributed by atoms with E-state index in [1.165, 1.54) is 17.7 Å². The lowest BCUT2D eigenvalue weighted by Gasteiger charge is -2.13. The van der Waals surface area contributed by atoms with Crippen LogP contribution in [0.5, 0.6) is 11.8 Å². The molecule has 0 spiro atoms. The van der Waals surface area contributed by atoms with Crippen LogP contribution in [-0.4, -0.2) is 42.8 Å². The quantitative estimate of drug-likeness (QED) is 0.436. The number of aromatic nitrogens is 2. The van der Waals surface area contributed by atoms with E-state index < -0.39 is 0 Å². The van der Waals surface area contributed by atoms with Crippen molar-refractivity contribution < 1.29 is 18.7 Å². The van der Waals surface area contributed by atoms with E-state index in [1.54, 1.807) is 30.9 Å². The molecule has 0 fully saturated rings. The number of amides is 1. The van der Waals surface area contributed by atoms with Crippen LogP contribution in [0.2, 0.25) is 0 Å². The molecule has 1 amide bonds. The molecule has 0 saturated carbocycles. The standard InChI is InChI=1S/C24H29FN4O3/c1-4-17-8-12-20(13-9-17)32-24-28-22(26-2)21(23(30)27-14-5-15-31-3)29(24)16-18-6-10-19(25)11-7-18/h6-13,26H,4-5,14-16H2,1-3H3,(H,27,30). The van der Waals surface area contributed by atoms with Crippen LogP contribution in [0.4, 0.5) is 10.2 Å². The smallest absolute Gasteiger partial charge is 0.304 e. The Kier molecular flexibility index (Phi) is 8.21. The highest BCUT2D eigenvalue weighted by Gasteiger charge is 2.24. The van der Waals surface area contributed by atoms with Crippen LogP contribution in [0, 0.1) is 5.82 Å². The predicted octanol–water partition coefficient (Wildman–Crippen LogP) is 4.23. The molecule has 0 aliphatic carbocycles. The molecule has 0 aliphatic rings. The topological polar surface area (TPSA) is 77.4 Å². The minimum Gasteiger partial charge on any atom is -0.425 e. The van der Waals surface area contributed by atoms with Crippen LogP contribution in [0.15, 0.2) is 48.5 Å². The molecule has 3 rings (SSSR count). The van der Waals surface area contributed by atoms with Gasteiger partial charge in [0.2, 0.25) is 0 Å². The Labute approximate surface area is 187 Å². The summed E-state index contributed by atoms with van der Waals surface area (Å²) in [6, 6.07) is 14.1. The molecule has 1 aromatic heterocycles. The zero-order chi connectivity index (χ0) is 22.9. The number of hydrogen-bond acceptors (Lipinski definition) is 5. The first-order valence-corrected chi connectivity index (χ1v) is 10.6. The first-order valence-electron chi connectivity index (χ1n) is 10.6. The van der Waals surface area contributed by atoms with E-state index in [0.717, 1.165) is 12.0 Å². The van der Waals surface area contributed by atoms with Gasteiger partial charge in [-0.05, 0) is 48.2 Å². The van der Waals surface area contributed by atoms with Gasteiger partial charge in [0, 0.05) is 27.3 Å². The zero-order valence-electron chi connectivity index (χ0n) is 18.7. The van der Waals surface area contributed by atoms with Gasteiger partial charge in [-0.2, -0.15) is 4.98 Å². The third kappa shape index (κ3) is 5.85. The molecule has 0 atom stereocenters. The van der Waals surface area contributed by atoms with Gasteiger partial charge in [-0.15, -0.1) is 0 Å². The molecule has 8 heteroatoms. The van der Waals surface area contributed by atoms with Crippen molar-refractivity contribution in [3.8, 4) is 11.8 Å². The van der Waals surface area contributed by atoms with Gasteiger partial charge < -0.3 is 20.1 Å². The summed E-state index contributed by atoms with van der Waals surface area (Å²) in [4.78, 5) is 17.5. The van der Waals surface area contributed by atoms with E-state index in [2.05, 4.69) is 22.5 Å². The van der Waals surface area contributed by atoms with Crippen LogP contribution in [-0.2, 0) is 17.7 Å². The number of carbonyl (C=O) groups excluding carboxylic acids is 1. The average Bonchev–Trinajstić information content (AvgIpc) is 3.15. The first-order chi connectivity index (χ1) is 15.5. The van der Waals surface area contributed by atoms with Crippen molar-refractivity contribution in [2.45, 2.75) is 26.3 Å². The van der Waals surface area contributed by atoms with Crippen molar-refractivity contribution >= 4 is 11.7 Å². The van der Waals surface area contributed by atoms with Gasteiger partial charge in [0.25, 0.3) is 5.91 Å². The van der Waals surface area contributed by atoms with Gasteiger partial charge >= 0.3 is 6.01 Å². The maximum atomic E-state index is 13.4. The number of methoxy groups -OCH3 is 1. The molecule has 0 aliphatic heterocycles. The molecular weight excluding hydrogens is 411 g/mol. The minimum absolute atomic E-state index is 0.268. The Bertz CT molecular complexity index is 1020. The van der Waals surface area contributed by atoms with E-state index in [-0.39, 0.29) is 24.3 Å². The summed E-state index contributed by atoms with van der Waals surface area (Å²) in [6.07, 6.45) is 1.62. The maximum absolute atomic E-state index is 13.4. The van der Waals surface area contributed by atoms with Gasteiger partial charge in [0.05, 0.1) is 6.54 Å². The molecular formula is C24H29FN4O3. The zero-order valence-corrected chi connectivity index (χ0v) is 18.7. The molecule has 0 saturated heterocycles. The third-order valence-corrected chi connectivity index (χ3v) is 4.99. The number of rotatable bonds is 11. The van der Waals surface area contributed by atoms with Crippen molar-refractivity contribution in [2.75, 3.05) is 32.6 Å². The Morgan fingerprint density at radius 2 is 1.78 bits per heavy atom. The van der Waals surface area contributed by atoms with E-state index >= 15 is 0 Å². The number of benzene rings is 2. The third-order valence-electron chi connectivity index (χ3n) is 4.99. The molecule has 7 nitrogen and oxygen atoms in total. The van der Waals surface area contributed by atoms with Crippen molar-refractivity contribution in [3.63, 3.8) is 0 Å². The average molecular weight is 441 g/mol. The summed E-state index contributed by atoms with van der Waals surface area (Å²) in [5, 5.41) is 5.88. The highest BCUT2D eigenvalue weighted by Crippen LogP contribution is 2.28. The lowest BCUT2D eigenvalue weighted by Crippen LogP contribution is -2.28. The number of nitrogens with zero attached hydrogens (tertiary/aromatic N) is 2. The van der Waals surface area contributed by atoms with Crippen LogP contribution < -0.4 is 15.4 Å². The number of ether oxygens (including phenoxy) is 2. The van der Waals surface area contributed by atoms with Crippen molar-refractivity contribution in [1.29, 1.82) is 0 Å². The number of imidazole rings is 1. The van der Waals surface area contributed by atoms with Gasteiger partial charge in [0.15, 0.2) is 11.5 Å². The molecule has 0 radical (unpaired) electrons. The molecule has 1 heterocycles. The summed E-state index contributed by atoms with van der Waals surface area (Å²) in [5.41, 5.74) is 2.35. The maximum Gasteiger partial charge on any atom is 0.304 e. The Balaban J connectivity index is 1.95. The van der Waals surface area contributed by atoms with Gasteiger partial charge in [0.1, 0.15) is 11.6 Å². The van der Waals surface area contributed by atoms with E-state index in [0.29, 0.717) is 36.8 Å². The fourth-order valence-electron chi connectivity index (χ4n) is 3.23. The fourth-order valence-corrected chi connectivity index (χ4v) is 3.23. The normalized spacial score (nSPS) is 10.8. The van der Waals surface area contributed by atoms with Crippen LogP contribution in [0.1, 0.15) is 35.0 Å². The van der Waals surface area contributed by atoms with Gasteiger partial charge in [-0.1, -0.05) is 31.2 Å². The molecule has 0 unspecified atom stereocenters. The summed E-state index contributed by atoms with van der Waals surface area (Å²) >= 11 is 0. The number of aryl methyl sites for hydroxylation is 1. The second-order valence-electron chi connectivity index (χ2n) is 7.26. The first kappa shape index (κ1) is 23.3. The molecule has 32 heavy (non-hydrogen) atoms. The van der Waals surface area contributed by atoms with E-state index in [9.17, 15) is 9.18 Å². The highest BCUT2D eigenvalue weighted by atomic mass is 19.1. The number of hydrogen-bond donors (Lipinski definition) is 2. The van der Waals surface area contributed by atoms with Crippen LogP contribution >= 0.6 is 0 Å². The number of nitrogens with one attached hydrogen (secondary N) is 2. The fraction of sp³-hybridized carbons (Fsp3) is 0.333. The second kappa shape index (κ2) is 11.3.